The second kappa shape index (κ2) is 9.03. The minimum absolute atomic E-state index is 0.0869. The van der Waals surface area contributed by atoms with Crippen LogP contribution in [0.5, 0.6) is 0 Å². The van der Waals surface area contributed by atoms with Crippen molar-refractivity contribution < 1.29 is 13.2 Å². The second-order valence-electron chi connectivity index (χ2n) is 5.61. The third-order valence-corrected chi connectivity index (χ3v) is 6.99. The van der Waals surface area contributed by atoms with Crippen LogP contribution in [-0.4, -0.2) is 36.5 Å². The summed E-state index contributed by atoms with van der Waals surface area (Å²) in [6.07, 6.45) is 1.10. The molecule has 0 radical (unpaired) electrons. The number of anilines is 3. The van der Waals surface area contributed by atoms with Gasteiger partial charge < -0.3 is 10.6 Å². The maximum atomic E-state index is 12.2. The van der Waals surface area contributed by atoms with Crippen molar-refractivity contribution in [3.05, 3.63) is 53.0 Å². The number of thioether (sulfide) groups is 1. The Morgan fingerprint density at radius 1 is 1.18 bits per heavy atom. The van der Waals surface area contributed by atoms with Gasteiger partial charge in [0.25, 0.3) is 0 Å². The zero-order chi connectivity index (χ0) is 20.1. The number of rotatable bonds is 7. The van der Waals surface area contributed by atoms with Crippen molar-refractivity contribution in [3.63, 3.8) is 0 Å². The van der Waals surface area contributed by atoms with Crippen LogP contribution in [0, 0.1) is 0 Å². The van der Waals surface area contributed by atoms with Gasteiger partial charge in [-0.25, -0.2) is 8.42 Å². The number of halogens is 1. The summed E-state index contributed by atoms with van der Waals surface area (Å²) in [4.78, 5) is 12.3. The molecular formula is C17H15BrN4O3S3. The fourth-order valence-electron chi connectivity index (χ4n) is 2.22. The largest absolute Gasteiger partial charge is 0.330 e. The molecule has 0 saturated heterocycles. The molecule has 3 aromatic rings. The highest BCUT2D eigenvalue weighted by Gasteiger charge is 2.15. The second-order valence-corrected chi connectivity index (χ2v) is 10.7. The van der Waals surface area contributed by atoms with Crippen molar-refractivity contribution >= 4 is 71.3 Å². The highest BCUT2D eigenvalue weighted by atomic mass is 79.9. The van der Waals surface area contributed by atoms with Crippen LogP contribution in [0.3, 0.4) is 0 Å². The molecule has 2 aromatic carbocycles. The van der Waals surface area contributed by atoms with Gasteiger partial charge in [-0.3, -0.25) is 4.79 Å². The summed E-state index contributed by atoms with van der Waals surface area (Å²) in [5.74, 6) is -0.235. The van der Waals surface area contributed by atoms with E-state index in [0.29, 0.717) is 9.47 Å². The minimum atomic E-state index is -3.43. The van der Waals surface area contributed by atoms with Crippen molar-refractivity contribution in [1.29, 1.82) is 0 Å². The molecule has 1 aromatic heterocycles. The predicted molar refractivity (Wildman–Crippen MR) is 116 cm³/mol. The molecule has 0 bridgehead atoms. The Labute approximate surface area is 179 Å². The number of para-hydroxylation sites is 1. The summed E-state index contributed by atoms with van der Waals surface area (Å²) in [5, 5.41) is 14.5. The lowest BCUT2D eigenvalue weighted by Crippen LogP contribution is -2.16. The molecule has 28 heavy (non-hydrogen) atoms. The highest BCUT2D eigenvalue weighted by molar-refractivity contribution is 9.10. The van der Waals surface area contributed by atoms with Crippen LogP contribution in [0.15, 0.2) is 62.2 Å². The summed E-state index contributed by atoms with van der Waals surface area (Å²) in [6.45, 7) is 0. The van der Waals surface area contributed by atoms with Crippen LogP contribution in [0.2, 0.25) is 0 Å². The summed E-state index contributed by atoms with van der Waals surface area (Å²) in [5.41, 5.74) is 1.14. The summed E-state index contributed by atoms with van der Waals surface area (Å²) >= 11 is 5.96. The molecule has 0 aliphatic heterocycles. The van der Waals surface area contributed by atoms with E-state index in [1.165, 1.54) is 29.2 Å². The van der Waals surface area contributed by atoms with Gasteiger partial charge in [0.05, 0.1) is 16.3 Å². The van der Waals surface area contributed by atoms with Gasteiger partial charge in [-0.15, -0.1) is 10.2 Å². The number of carbonyl (C=O) groups is 1. The Morgan fingerprint density at radius 3 is 2.71 bits per heavy atom. The number of sulfone groups is 1. The molecule has 7 nitrogen and oxygen atoms in total. The van der Waals surface area contributed by atoms with Crippen LogP contribution in [0.25, 0.3) is 0 Å². The lowest BCUT2D eigenvalue weighted by Gasteiger charge is -2.08. The Morgan fingerprint density at radius 2 is 1.96 bits per heavy atom. The summed E-state index contributed by atoms with van der Waals surface area (Å²) < 4.78 is 25.2. The SMILES string of the molecule is CS(=O)(=O)c1ccccc1NC(=O)CSc1nnc(Nc2cccc(Br)c2)s1. The highest BCUT2D eigenvalue weighted by Crippen LogP contribution is 2.29. The molecular weight excluding hydrogens is 484 g/mol. The maximum absolute atomic E-state index is 12.2. The molecule has 0 spiro atoms. The number of carbonyl (C=O) groups excluding carboxylic acids is 1. The van der Waals surface area contributed by atoms with E-state index >= 15 is 0 Å². The Kier molecular flexibility index (Phi) is 6.70. The number of nitrogens with zero attached hydrogens (tertiary/aromatic N) is 2. The molecule has 3 rings (SSSR count). The van der Waals surface area contributed by atoms with E-state index in [4.69, 9.17) is 0 Å². The third kappa shape index (κ3) is 5.77. The van der Waals surface area contributed by atoms with Gasteiger partial charge in [0.1, 0.15) is 0 Å². The van der Waals surface area contributed by atoms with Gasteiger partial charge in [-0.05, 0) is 30.3 Å². The molecule has 146 valence electrons. The van der Waals surface area contributed by atoms with Crippen molar-refractivity contribution in [3.8, 4) is 0 Å². The standard InChI is InChI=1S/C17H15BrN4O3S3/c1-28(24,25)14-8-3-2-7-13(14)20-15(23)10-26-17-22-21-16(27-17)19-12-6-4-5-11(18)9-12/h2-9H,10H2,1H3,(H,19,21)(H,20,23). The van der Waals surface area contributed by atoms with E-state index in [1.54, 1.807) is 18.2 Å². The molecule has 1 amide bonds. The fraction of sp³-hybridized carbons (Fsp3) is 0.118. The van der Waals surface area contributed by atoms with Gasteiger partial charge in [0.15, 0.2) is 14.2 Å². The average Bonchev–Trinajstić information content (AvgIpc) is 3.07. The van der Waals surface area contributed by atoms with E-state index in [1.807, 2.05) is 24.3 Å². The van der Waals surface area contributed by atoms with Gasteiger partial charge in [0, 0.05) is 16.4 Å². The quantitative estimate of drug-likeness (QED) is 0.471. The first-order valence-electron chi connectivity index (χ1n) is 7.89. The number of hydrogen-bond acceptors (Lipinski definition) is 8. The molecule has 0 unspecified atom stereocenters. The van der Waals surface area contributed by atoms with Crippen LogP contribution in [0.1, 0.15) is 0 Å². The van der Waals surface area contributed by atoms with Crippen LogP contribution in [-0.2, 0) is 14.6 Å². The average molecular weight is 499 g/mol. The number of aromatic nitrogens is 2. The number of nitrogens with one attached hydrogen (secondary N) is 2. The van der Waals surface area contributed by atoms with E-state index in [-0.39, 0.29) is 22.2 Å². The molecule has 0 saturated carbocycles. The maximum Gasteiger partial charge on any atom is 0.234 e. The van der Waals surface area contributed by atoms with Crippen LogP contribution < -0.4 is 10.6 Å². The smallest absolute Gasteiger partial charge is 0.234 e. The van der Waals surface area contributed by atoms with Crippen LogP contribution >= 0.6 is 39.0 Å². The monoisotopic (exact) mass is 498 g/mol. The molecule has 0 fully saturated rings. The van der Waals surface area contributed by atoms with Gasteiger partial charge in [-0.1, -0.05) is 57.2 Å². The van der Waals surface area contributed by atoms with Gasteiger partial charge >= 0.3 is 0 Å². The first-order valence-corrected chi connectivity index (χ1v) is 12.4. The predicted octanol–water partition coefficient (Wildman–Crippen LogP) is 4.18. The van der Waals surface area contributed by atoms with E-state index < -0.39 is 9.84 Å². The number of hydrogen-bond donors (Lipinski definition) is 2. The van der Waals surface area contributed by atoms with Gasteiger partial charge in [0.2, 0.25) is 11.0 Å². The lowest BCUT2D eigenvalue weighted by atomic mass is 10.3. The minimum Gasteiger partial charge on any atom is -0.330 e. The Hall–Kier alpha value is -1.95. The van der Waals surface area contributed by atoms with Crippen molar-refractivity contribution in [2.24, 2.45) is 0 Å². The first-order chi connectivity index (χ1) is 13.3. The molecule has 0 atom stereocenters. The van der Waals surface area contributed by atoms with E-state index in [2.05, 4.69) is 36.8 Å². The molecule has 0 aliphatic carbocycles. The Balaban J connectivity index is 1.58. The summed E-state index contributed by atoms with van der Waals surface area (Å²) in [6, 6.07) is 14.0. The molecule has 2 N–H and O–H groups in total. The van der Waals surface area contributed by atoms with E-state index in [0.717, 1.165) is 16.4 Å². The molecule has 0 aliphatic rings. The normalized spacial score (nSPS) is 11.2. The lowest BCUT2D eigenvalue weighted by molar-refractivity contribution is -0.113. The third-order valence-electron chi connectivity index (χ3n) is 3.37. The Bertz CT molecular complexity index is 1100. The van der Waals surface area contributed by atoms with E-state index in [9.17, 15) is 13.2 Å². The molecule has 11 heteroatoms. The zero-order valence-electron chi connectivity index (χ0n) is 14.5. The van der Waals surface area contributed by atoms with Crippen molar-refractivity contribution in [1.82, 2.24) is 10.2 Å². The summed E-state index contributed by atoms with van der Waals surface area (Å²) in [7, 11) is -3.43. The fourth-order valence-corrected chi connectivity index (χ4v) is 5.03. The van der Waals surface area contributed by atoms with Crippen molar-refractivity contribution in [2.45, 2.75) is 9.24 Å². The number of benzene rings is 2. The zero-order valence-corrected chi connectivity index (χ0v) is 18.6. The van der Waals surface area contributed by atoms with Crippen molar-refractivity contribution in [2.75, 3.05) is 22.6 Å². The molecule has 1 heterocycles. The van der Waals surface area contributed by atoms with Crippen LogP contribution in [0.4, 0.5) is 16.5 Å². The van der Waals surface area contributed by atoms with Gasteiger partial charge in [-0.2, -0.15) is 0 Å². The topological polar surface area (TPSA) is 101 Å². The first kappa shape index (κ1) is 20.8. The number of amides is 1.